The van der Waals surface area contributed by atoms with Gasteiger partial charge in [0.1, 0.15) is 5.82 Å². The van der Waals surface area contributed by atoms with Gasteiger partial charge >= 0.3 is 0 Å². The predicted molar refractivity (Wildman–Crippen MR) is 78.6 cm³/mol. The summed E-state index contributed by atoms with van der Waals surface area (Å²) in [5.74, 6) is 0.899. The molecule has 20 heavy (non-hydrogen) atoms. The second-order valence-electron chi connectivity index (χ2n) is 5.16. The second kappa shape index (κ2) is 5.45. The fraction of sp³-hybridized carbons (Fsp3) is 0.400. The van der Waals surface area contributed by atoms with E-state index < -0.39 is 0 Å². The number of hydrogen-bond donors (Lipinski definition) is 0. The summed E-state index contributed by atoms with van der Waals surface area (Å²) in [6, 6.07) is 7.75. The molecule has 1 aliphatic rings. The zero-order valence-corrected chi connectivity index (χ0v) is 11.6. The van der Waals surface area contributed by atoms with Gasteiger partial charge in [-0.15, -0.1) is 0 Å². The number of amides is 1. The zero-order chi connectivity index (χ0) is 13.9. The maximum absolute atomic E-state index is 12.1. The number of carbonyl (C=O) groups is 1. The van der Waals surface area contributed by atoms with E-state index in [2.05, 4.69) is 9.97 Å². The molecule has 0 spiro atoms. The lowest BCUT2D eigenvalue weighted by Gasteiger charge is -2.21. The van der Waals surface area contributed by atoms with E-state index in [0.29, 0.717) is 6.54 Å². The minimum absolute atomic E-state index is 0.167. The van der Waals surface area contributed by atoms with Crippen molar-refractivity contribution < 1.29 is 4.79 Å². The minimum Gasteiger partial charge on any atom is -0.349 e. The highest BCUT2D eigenvalue weighted by atomic mass is 16.2. The highest BCUT2D eigenvalue weighted by molar-refractivity contribution is 5.82. The molecular formula is C15H18N4O. The predicted octanol–water partition coefficient (Wildman–Crippen LogP) is 1.69. The Labute approximate surface area is 118 Å². The normalized spacial score (nSPS) is 14.8. The lowest BCUT2D eigenvalue weighted by molar-refractivity contribution is -0.128. The Bertz CT molecular complexity index is 622. The summed E-state index contributed by atoms with van der Waals surface area (Å²) in [6.45, 7) is 2.12. The van der Waals surface area contributed by atoms with Crippen molar-refractivity contribution in [1.82, 2.24) is 14.9 Å². The summed E-state index contributed by atoms with van der Waals surface area (Å²) in [6.07, 6.45) is 3.95. The lowest BCUT2D eigenvalue weighted by Crippen LogP contribution is -2.37. The number of rotatable bonds is 3. The first-order valence-electron chi connectivity index (χ1n) is 6.95. The summed E-state index contributed by atoms with van der Waals surface area (Å²) >= 11 is 0. The molecule has 0 N–H and O–H groups in total. The van der Waals surface area contributed by atoms with Crippen molar-refractivity contribution >= 4 is 22.8 Å². The molecule has 5 nitrogen and oxygen atoms in total. The Hall–Kier alpha value is -2.17. The van der Waals surface area contributed by atoms with Crippen molar-refractivity contribution in [1.29, 1.82) is 0 Å². The molecule has 2 heterocycles. The Balaban J connectivity index is 1.74. The number of carbonyl (C=O) groups excluding carboxylic acids is 1. The van der Waals surface area contributed by atoms with Crippen LogP contribution in [0.3, 0.4) is 0 Å². The van der Waals surface area contributed by atoms with Gasteiger partial charge < -0.3 is 9.80 Å². The molecule has 1 aliphatic heterocycles. The molecule has 5 heteroatoms. The first-order chi connectivity index (χ1) is 9.74. The number of hydrogen-bond acceptors (Lipinski definition) is 4. The van der Waals surface area contributed by atoms with E-state index in [0.717, 1.165) is 42.8 Å². The number of likely N-dealkylation sites (tertiary alicyclic amines) is 1. The SMILES string of the molecule is CN(CC(=O)N1CCCC1)c1cnc2ccccc2n1. The van der Waals surface area contributed by atoms with Crippen LogP contribution in [0.4, 0.5) is 5.82 Å². The third-order valence-electron chi connectivity index (χ3n) is 3.66. The molecule has 1 amide bonds. The van der Waals surface area contributed by atoms with Gasteiger partial charge in [-0.3, -0.25) is 9.78 Å². The van der Waals surface area contributed by atoms with E-state index in [9.17, 15) is 4.79 Å². The fourth-order valence-electron chi connectivity index (χ4n) is 2.48. The van der Waals surface area contributed by atoms with E-state index >= 15 is 0 Å². The number of likely N-dealkylation sites (N-methyl/N-ethyl adjacent to an activating group) is 1. The summed E-state index contributed by atoms with van der Waals surface area (Å²) in [5, 5.41) is 0. The van der Waals surface area contributed by atoms with Gasteiger partial charge in [-0.1, -0.05) is 12.1 Å². The topological polar surface area (TPSA) is 49.3 Å². The highest BCUT2D eigenvalue weighted by Gasteiger charge is 2.19. The van der Waals surface area contributed by atoms with Crippen molar-refractivity contribution in [2.45, 2.75) is 12.8 Å². The number of benzene rings is 1. The molecule has 0 unspecified atom stereocenters. The van der Waals surface area contributed by atoms with Crippen LogP contribution in [0.1, 0.15) is 12.8 Å². The van der Waals surface area contributed by atoms with Crippen LogP contribution in [0.5, 0.6) is 0 Å². The lowest BCUT2D eigenvalue weighted by atomic mass is 10.3. The van der Waals surface area contributed by atoms with Crippen LogP contribution in [0, 0.1) is 0 Å². The molecule has 104 valence electrons. The first-order valence-corrected chi connectivity index (χ1v) is 6.95. The van der Waals surface area contributed by atoms with Gasteiger partial charge in [0.05, 0.1) is 23.8 Å². The highest BCUT2D eigenvalue weighted by Crippen LogP contribution is 2.15. The number of nitrogens with zero attached hydrogens (tertiary/aromatic N) is 4. The molecule has 1 aromatic carbocycles. The zero-order valence-electron chi connectivity index (χ0n) is 11.6. The maximum atomic E-state index is 12.1. The summed E-state index contributed by atoms with van der Waals surface area (Å²) in [7, 11) is 1.88. The van der Waals surface area contributed by atoms with Crippen LogP contribution in [-0.4, -0.2) is 47.5 Å². The van der Waals surface area contributed by atoms with Gasteiger partial charge in [0.15, 0.2) is 0 Å². The Morgan fingerprint density at radius 1 is 1.25 bits per heavy atom. The van der Waals surface area contributed by atoms with Crippen LogP contribution in [-0.2, 0) is 4.79 Å². The summed E-state index contributed by atoms with van der Waals surface area (Å²) in [4.78, 5) is 24.8. The van der Waals surface area contributed by atoms with E-state index in [1.54, 1.807) is 6.20 Å². The standard InChI is InChI=1S/C15H18N4O/c1-18(11-15(20)19-8-4-5-9-19)14-10-16-12-6-2-3-7-13(12)17-14/h2-3,6-7,10H,4-5,8-9,11H2,1H3. The number of fused-ring (bicyclic) bond motifs is 1. The van der Waals surface area contributed by atoms with Crippen molar-refractivity contribution in [3.05, 3.63) is 30.5 Å². The molecule has 2 aromatic rings. The molecule has 0 radical (unpaired) electrons. The van der Waals surface area contributed by atoms with Crippen molar-refractivity contribution in [3.63, 3.8) is 0 Å². The molecule has 1 aromatic heterocycles. The van der Waals surface area contributed by atoms with Gasteiger partial charge in [0, 0.05) is 20.1 Å². The van der Waals surface area contributed by atoms with Crippen LogP contribution < -0.4 is 4.90 Å². The number of aromatic nitrogens is 2. The van der Waals surface area contributed by atoms with E-state index in [4.69, 9.17) is 0 Å². The Morgan fingerprint density at radius 3 is 2.70 bits per heavy atom. The smallest absolute Gasteiger partial charge is 0.242 e. The van der Waals surface area contributed by atoms with Gasteiger partial charge in [-0.2, -0.15) is 0 Å². The summed E-state index contributed by atoms with van der Waals surface area (Å²) < 4.78 is 0. The molecular weight excluding hydrogens is 252 g/mol. The summed E-state index contributed by atoms with van der Waals surface area (Å²) in [5.41, 5.74) is 1.72. The molecule has 1 saturated heterocycles. The van der Waals surface area contributed by atoms with Crippen LogP contribution >= 0.6 is 0 Å². The third-order valence-corrected chi connectivity index (χ3v) is 3.66. The quantitative estimate of drug-likeness (QED) is 0.851. The van der Waals surface area contributed by atoms with Gasteiger partial charge in [0.25, 0.3) is 0 Å². The molecule has 1 fully saturated rings. The Morgan fingerprint density at radius 2 is 1.95 bits per heavy atom. The average molecular weight is 270 g/mol. The van der Waals surface area contributed by atoms with Crippen LogP contribution in [0.25, 0.3) is 11.0 Å². The number of para-hydroxylation sites is 2. The van der Waals surface area contributed by atoms with Crippen molar-refractivity contribution in [3.8, 4) is 0 Å². The first kappa shape index (κ1) is 12.8. The van der Waals surface area contributed by atoms with Crippen molar-refractivity contribution in [2.75, 3.05) is 31.6 Å². The van der Waals surface area contributed by atoms with Crippen LogP contribution in [0.2, 0.25) is 0 Å². The molecule has 0 saturated carbocycles. The van der Waals surface area contributed by atoms with E-state index in [-0.39, 0.29) is 5.91 Å². The molecule has 0 aliphatic carbocycles. The maximum Gasteiger partial charge on any atom is 0.242 e. The molecule has 3 rings (SSSR count). The average Bonchev–Trinajstić information content (AvgIpc) is 3.01. The molecule has 0 atom stereocenters. The monoisotopic (exact) mass is 270 g/mol. The van der Waals surface area contributed by atoms with Gasteiger partial charge in [-0.25, -0.2) is 4.98 Å². The number of anilines is 1. The minimum atomic E-state index is 0.167. The largest absolute Gasteiger partial charge is 0.349 e. The van der Waals surface area contributed by atoms with Crippen molar-refractivity contribution in [2.24, 2.45) is 0 Å². The van der Waals surface area contributed by atoms with Crippen LogP contribution in [0.15, 0.2) is 30.5 Å². The van der Waals surface area contributed by atoms with E-state index in [1.165, 1.54) is 0 Å². The van der Waals surface area contributed by atoms with Gasteiger partial charge in [0.2, 0.25) is 5.91 Å². The Kier molecular flexibility index (Phi) is 3.50. The molecule has 0 bridgehead atoms. The fourth-order valence-corrected chi connectivity index (χ4v) is 2.48. The third kappa shape index (κ3) is 2.57. The second-order valence-corrected chi connectivity index (χ2v) is 5.16. The van der Waals surface area contributed by atoms with E-state index in [1.807, 2.05) is 41.1 Å². The van der Waals surface area contributed by atoms with Gasteiger partial charge in [-0.05, 0) is 25.0 Å².